The topological polar surface area (TPSA) is 359 Å². The first-order valence-corrected chi connectivity index (χ1v) is 30.3. The molecule has 0 aliphatic rings. The summed E-state index contributed by atoms with van der Waals surface area (Å²) in [5.74, 6) is -0.00641. The summed E-state index contributed by atoms with van der Waals surface area (Å²) >= 11 is 4.48. The molecule has 4 N–H and O–H groups in total. The van der Waals surface area contributed by atoms with Crippen LogP contribution in [0.2, 0.25) is 0 Å². The first-order valence-electron chi connectivity index (χ1n) is 24.1. The quantitative estimate of drug-likeness (QED) is 0.0367. The molecule has 0 saturated heterocycles. The van der Waals surface area contributed by atoms with Crippen LogP contribution in [0, 0.1) is 0 Å². The van der Waals surface area contributed by atoms with Crippen molar-refractivity contribution in [2.45, 2.75) is 50.5 Å². The molecule has 0 saturated carbocycles. The third-order valence-corrected chi connectivity index (χ3v) is 16.7. The number of nitrogens with one attached hydrogen (secondary N) is 2. The summed E-state index contributed by atoms with van der Waals surface area (Å²) < 4.78 is 79.7. The van der Waals surface area contributed by atoms with Crippen molar-refractivity contribution in [2.24, 2.45) is 0 Å². The predicted octanol–water partition coefficient (Wildman–Crippen LogP) is 2.16. The van der Waals surface area contributed by atoms with E-state index in [9.17, 15) is 25.9 Å². The molecule has 420 valence electrons. The van der Waals surface area contributed by atoms with E-state index in [0.29, 0.717) is 63.5 Å². The summed E-state index contributed by atoms with van der Waals surface area (Å²) in [5.41, 5.74) is 2.92. The van der Waals surface area contributed by atoms with Crippen molar-refractivity contribution in [3.63, 3.8) is 0 Å². The van der Waals surface area contributed by atoms with Crippen molar-refractivity contribution in [2.75, 3.05) is 10.6 Å². The molecule has 0 fully saturated rings. The largest absolute Gasteiger partial charge is 1.00 e. The monoisotopic (exact) mass is 1280 g/mol. The minimum atomic E-state index is -4.96. The maximum atomic E-state index is 13.1. The second-order valence-electron chi connectivity index (χ2n) is 17.0. The van der Waals surface area contributed by atoms with Crippen LogP contribution in [0.3, 0.4) is 0 Å². The Hall–Kier alpha value is -7.68. The Morgan fingerprint density at radius 1 is 0.384 bits per heavy atom. The van der Waals surface area contributed by atoms with Crippen molar-refractivity contribution in [3.8, 4) is 22.7 Å². The SMILES string of the molecule is O=S(=O)(O)c1cc(Nc2nc(Sc3nnnn3-c3ccccc3)cc(Sc3nnnn3-c3ccccc3)n2)ccc1C=Cc1ccc(Nc2nc(Sc3nnnn3-c3ccccc3)cc(Sc3nnnn3-c3ccccc3)n2)cc1S(=O)(=O)O.[H-].[H-].[Na+].[Na+]. The molecule has 0 unspecified atom stereocenters. The van der Waals surface area contributed by atoms with Crippen molar-refractivity contribution in [3.05, 3.63) is 181 Å². The van der Waals surface area contributed by atoms with Gasteiger partial charge in [-0.05, 0) is 173 Å². The number of anilines is 4. The van der Waals surface area contributed by atoms with E-state index in [1.165, 1.54) is 55.1 Å². The average Bonchev–Trinajstić information content (AvgIpc) is 1.90. The van der Waals surface area contributed by atoms with Gasteiger partial charge >= 0.3 is 59.1 Å². The first-order chi connectivity index (χ1) is 40.8. The van der Waals surface area contributed by atoms with Crippen LogP contribution in [-0.2, 0) is 20.2 Å². The molecular weight excluding hydrogens is 1240 g/mol. The average molecular weight is 1280 g/mol. The number of para-hydroxylation sites is 4. The normalized spacial score (nSPS) is 11.5. The zero-order valence-corrected chi connectivity index (χ0v) is 53.1. The third-order valence-electron chi connectivity index (χ3n) is 11.4. The van der Waals surface area contributed by atoms with E-state index in [1.807, 2.05) is 121 Å². The van der Waals surface area contributed by atoms with Crippen LogP contribution >= 0.6 is 47.0 Å². The Labute approximate surface area is 551 Å². The molecule has 0 amide bonds. The Bertz CT molecular complexity index is 4140. The van der Waals surface area contributed by atoms with E-state index >= 15 is 0 Å². The molecule has 28 nitrogen and oxygen atoms in total. The van der Waals surface area contributed by atoms with Crippen molar-refractivity contribution >= 4 is 103 Å². The van der Waals surface area contributed by atoms with Gasteiger partial charge in [0, 0.05) is 23.5 Å². The molecule has 0 atom stereocenters. The second-order valence-corrected chi connectivity index (χ2v) is 23.7. The summed E-state index contributed by atoms with van der Waals surface area (Å²) in [6.07, 6.45) is 2.53. The number of benzene rings is 6. The van der Waals surface area contributed by atoms with E-state index in [1.54, 1.807) is 12.1 Å². The van der Waals surface area contributed by atoms with E-state index in [4.69, 9.17) is 19.9 Å². The second kappa shape index (κ2) is 27.4. The molecule has 0 spiro atoms. The molecule has 12 rings (SSSR count). The number of hydrogen-bond acceptors (Lipinski definition) is 26. The van der Waals surface area contributed by atoms with Crippen LogP contribution in [0.15, 0.2) is 220 Å². The number of aromatic nitrogens is 20. The van der Waals surface area contributed by atoms with Crippen molar-refractivity contribution < 1.29 is 87.9 Å². The zero-order valence-electron chi connectivity index (χ0n) is 46.2. The van der Waals surface area contributed by atoms with Gasteiger partial charge in [-0.15, -0.1) is 20.4 Å². The van der Waals surface area contributed by atoms with E-state index in [0.717, 1.165) is 59.2 Å². The molecule has 86 heavy (non-hydrogen) atoms. The molecule has 0 radical (unpaired) electrons. The molecular formula is C50H36N22Na2O6S6. The molecule has 36 heteroatoms. The maximum absolute atomic E-state index is 13.1. The maximum Gasteiger partial charge on any atom is 1.00 e. The van der Waals surface area contributed by atoms with E-state index in [-0.39, 0.29) is 96.4 Å². The van der Waals surface area contributed by atoms with Gasteiger partial charge in [0.15, 0.2) is 0 Å². The fraction of sp³-hybridized carbons (Fsp3) is 0. The van der Waals surface area contributed by atoms with Crippen LogP contribution in [0.25, 0.3) is 34.9 Å². The van der Waals surface area contributed by atoms with Gasteiger partial charge in [0.25, 0.3) is 20.2 Å². The summed E-state index contributed by atoms with van der Waals surface area (Å²) in [6, 6.07) is 48.3. The van der Waals surface area contributed by atoms with Gasteiger partial charge in [0.1, 0.15) is 29.9 Å². The standard InChI is InChI=1S/C50H34N22O6S6.2Na.2H/c73-83(74,75)39-27-33(51-45-53-41(79-47-57-61-65-69(47)35-13-5-1-6-14-35)29-42(54-45)80-48-58-62-66-70(48)36-15-7-2-8-16-36)25-23-31(39)21-22-32-24-26-34(28-40(32)84(76,77)78)52-46-55-43(81-49-59-63-67-71(49)37-17-9-3-10-18-37)30-44(56-46)82-50-60-64-68-72(50)38-19-11-4-12-20-38;;;;/h1-30H,(H,51,53,54)(H,52,55,56)(H,73,74,75)(H,76,77,78);;;;/q;2*+1;2*-1. The summed E-state index contributed by atoms with van der Waals surface area (Å²) in [4.78, 5) is 17.6. The Kier molecular flexibility index (Phi) is 19.5. The molecule has 6 aromatic heterocycles. The summed E-state index contributed by atoms with van der Waals surface area (Å²) in [5, 5.41) is 57.9. The van der Waals surface area contributed by atoms with Gasteiger partial charge < -0.3 is 13.5 Å². The van der Waals surface area contributed by atoms with Crippen molar-refractivity contribution in [1.82, 2.24) is 101 Å². The Morgan fingerprint density at radius 2 is 0.651 bits per heavy atom. The Balaban J connectivity index is 0.00000251. The fourth-order valence-electron chi connectivity index (χ4n) is 7.78. The molecule has 6 heterocycles. The minimum Gasteiger partial charge on any atom is -1.00 e. The van der Waals surface area contributed by atoms with Crippen LogP contribution < -0.4 is 69.7 Å². The van der Waals surface area contributed by atoms with Crippen LogP contribution in [-0.4, -0.2) is 127 Å². The zero-order chi connectivity index (χ0) is 57.6. The number of rotatable bonds is 20. The molecule has 0 aliphatic heterocycles. The number of hydrogen-bond donors (Lipinski definition) is 4. The molecule has 0 aliphatic carbocycles. The molecule has 6 aromatic carbocycles. The van der Waals surface area contributed by atoms with Gasteiger partial charge in [-0.2, -0.15) is 35.6 Å². The minimum absolute atomic E-state index is 0. The van der Waals surface area contributed by atoms with E-state index < -0.39 is 30.0 Å². The van der Waals surface area contributed by atoms with Crippen molar-refractivity contribution in [1.29, 1.82) is 0 Å². The summed E-state index contributed by atoms with van der Waals surface area (Å²) in [6.45, 7) is 0. The first kappa shape index (κ1) is 61.4. The molecule has 12 aromatic rings. The number of nitrogens with zero attached hydrogens (tertiary/aromatic N) is 20. The summed E-state index contributed by atoms with van der Waals surface area (Å²) in [7, 11) is -9.93. The fourth-order valence-corrected chi connectivity index (χ4v) is 12.5. The van der Waals surface area contributed by atoms with Gasteiger partial charge in [-0.3, -0.25) is 9.11 Å². The van der Waals surface area contributed by atoms with E-state index in [2.05, 4.69) is 72.7 Å². The smallest absolute Gasteiger partial charge is 1.00 e. The molecule has 0 bridgehead atoms. The van der Waals surface area contributed by atoms with Crippen LogP contribution in [0.1, 0.15) is 14.0 Å². The van der Waals surface area contributed by atoms with Crippen LogP contribution in [0.5, 0.6) is 0 Å². The number of tetrazole rings is 4. The van der Waals surface area contributed by atoms with Gasteiger partial charge in [0.05, 0.1) is 22.7 Å². The van der Waals surface area contributed by atoms with Gasteiger partial charge in [-0.1, -0.05) is 97.1 Å². The Morgan fingerprint density at radius 3 is 0.907 bits per heavy atom. The van der Waals surface area contributed by atoms with Crippen LogP contribution in [0.4, 0.5) is 23.3 Å². The van der Waals surface area contributed by atoms with Gasteiger partial charge in [0.2, 0.25) is 32.5 Å². The third kappa shape index (κ3) is 14.8. The predicted molar refractivity (Wildman–Crippen MR) is 307 cm³/mol. The van der Waals surface area contributed by atoms with Gasteiger partial charge in [-0.25, -0.2) is 19.9 Å².